The molecule has 2 amide bonds. The maximum Gasteiger partial charge on any atom is 0.407 e. The predicted octanol–water partition coefficient (Wildman–Crippen LogP) is 3.05. The van der Waals surface area contributed by atoms with Gasteiger partial charge in [-0.15, -0.1) is 0 Å². The van der Waals surface area contributed by atoms with Crippen LogP contribution >= 0.6 is 0 Å². The molecule has 37 heavy (non-hydrogen) atoms. The number of nitrogens with one attached hydrogen (secondary N) is 2. The molecule has 0 unspecified atom stereocenters. The molecular weight excluding hydrogens is 476 g/mol. The number of benzene rings is 3. The normalized spacial score (nSPS) is 12.1. The van der Waals surface area contributed by atoms with Crippen molar-refractivity contribution in [2.75, 3.05) is 6.54 Å². The van der Waals surface area contributed by atoms with Crippen LogP contribution in [0.25, 0.3) is 0 Å². The second kappa shape index (κ2) is 14.3. The summed E-state index contributed by atoms with van der Waals surface area (Å²) in [6.07, 6.45) is -2.30. The second-order valence-corrected chi connectivity index (χ2v) is 8.38. The molecule has 0 radical (unpaired) electrons. The maximum atomic E-state index is 12.3. The van der Waals surface area contributed by atoms with Crippen molar-refractivity contribution < 1.29 is 34.1 Å². The van der Waals surface area contributed by atoms with E-state index in [-0.39, 0.29) is 26.0 Å². The quantitative estimate of drug-likeness (QED) is 0.280. The monoisotopic (exact) mass is 506 g/mol. The fraction of sp³-hybridized carbons (Fsp3) is 0.250. The van der Waals surface area contributed by atoms with E-state index in [1.54, 1.807) is 36.4 Å². The highest BCUT2D eigenvalue weighted by molar-refractivity contribution is 5.84. The van der Waals surface area contributed by atoms with Gasteiger partial charge in [-0.1, -0.05) is 72.8 Å². The number of alkyl carbamates (subject to hydrolysis) is 1. The SMILES string of the molecule is O=C(C[C@H](O)CNC(=O)OCc1ccccc1)N[C@H](Cc1cccc(OCc2ccccc2)c1)C(=O)O. The lowest BCUT2D eigenvalue weighted by molar-refractivity contribution is -0.142. The topological polar surface area (TPSA) is 134 Å². The zero-order valence-electron chi connectivity index (χ0n) is 20.2. The van der Waals surface area contributed by atoms with Gasteiger partial charge in [0.05, 0.1) is 12.5 Å². The standard InChI is InChI=1S/C28H30N2O7/c31-23(17-29-28(35)37-19-21-10-5-2-6-11-21)16-26(32)30-25(27(33)34)15-22-12-7-13-24(14-22)36-18-20-8-3-1-4-9-20/h1-14,23,25,31H,15-19H2,(H,29,35)(H,30,32)(H,33,34)/t23-,25+/m0/s1. The van der Waals surface area contributed by atoms with Crippen LogP contribution in [0.3, 0.4) is 0 Å². The van der Waals surface area contributed by atoms with E-state index in [1.807, 2.05) is 48.5 Å². The Kier molecular flexibility index (Phi) is 10.5. The molecule has 9 nitrogen and oxygen atoms in total. The number of hydrogen-bond acceptors (Lipinski definition) is 6. The molecule has 3 rings (SSSR count). The second-order valence-electron chi connectivity index (χ2n) is 8.38. The molecule has 194 valence electrons. The number of carbonyl (C=O) groups is 3. The molecule has 2 atom stereocenters. The van der Waals surface area contributed by atoms with Gasteiger partial charge in [0.1, 0.15) is 25.0 Å². The summed E-state index contributed by atoms with van der Waals surface area (Å²) in [5, 5.41) is 24.5. The maximum absolute atomic E-state index is 12.3. The summed E-state index contributed by atoms with van der Waals surface area (Å²) in [6.45, 7) is 0.219. The van der Waals surface area contributed by atoms with Crippen molar-refractivity contribution in [2.24, 2.45) is 0 Å². The van der Waals surface area contributed by atoms with E-state index in [0.717, 1.165) is 11.1 Å². The van der Waals surface area contributed by atoms with Gasteiger partial charge in [0.2, 0.25) is 5.91 Å². The van der Waals surface area contributed by atoms with Crippen LogP contribution in [0.1, 0.15) is 23.1 Å². The summed E-state index contributed by atoms with van der Waals surface area (Å²) >= 11 is 0. The molecule has 0 bridgehead atoms. The fourth-order valence-electron chi connectivity index (χ4n) is 3.45. The van der Waals surface area contributed by atoms with Gasteiger partial charge in [-0.05, 0) is 28.8 Å². The summed E-state index contributed by atoms with van der Waals surface area (Å²) in [7, 11) is 0. The van der Waals surface area contributed by atoms with Crippen LogP contribution in [0.4, 0.5) is 4.79 Å². The van der Waals surface area contributed by atoms with E-state index < -0.39 is 30.1 Å². The first kappa shape index (κ1) is 27.2. The van der Waals surface area contributed by atoms with Crippen LogP contribution in [0, 0.1) is 0 Å². The van der Waals surface area contributed by atoms with Crippen LogP contribution < -0.4 is 15.4 Å². The lowest BCUT2D eigenvalue weighted by Gasteiger charge is -2.17. The van der Waals surface area contributed by atoms with Crippen molar-refractivity contribution in [3.05, 3.63) is 102 Å². The van der Waals surface area contributed by atoms with Crippen molar-refractivity contribution in [3.8, 4) is 5.75 Å². The van der Waals surface area contributed by atoms with Gasteiger partial charge in [0, 0.05) is 13.0 Å². The number of amides is 2. The summed E-state index contributed by atoms with van der Waals surface area (Å²) in [4.78, 5) is 35.9. The molecule has 0 aromatic heterocycles. The summed E-state index contributed by atoms with van der Waals surface area (Å²) in [6, 6.07) is 24.5. The van der Waals surface area contributed by atoms with E-state index in [2.05, 4.69) is 10.6 Å². The molecule has 9 heteroatoms. The molecule has 3 aromatic carbocycles. The number of aliphatic hydroxyl groups excluding tert-OH is 1. The number of carboxylic acids is 1. The molecule has 0 aliphatic carbocycles. The lowest BCUT2D eigenvalue weighted by atomic mass is 10.1. The highest BCUT2D eigenvalue weighted by Crippen LogP contribution is 2.17. The number of carboxylic acid groups (broad SMARTS) is 1. The first-order valence-corrected chi connectivity index (χ1v) is 11.8. The van der Waals surface area contributed by atoms with Gasteiger partial charge in [-0.25, -0.2) is 9.59 Å². The number of carbonyl (C=O) groups excluding carboxylic acids is 2. The summed E-state index contributed by atoms with van der Waals surface area (Å²) in [5.74, 6) is -1.28. The van der Waals surface area contributed by atoms with Crippen LogP contribution in [0.2, 0.25) is 0 Å². The Labute approximate surface area is 215 Å². The fourth-order valence-corrected chi connectivity index (χ4v) is 3.45. The van der Waals surface area contributed by atoms with Gasteiger partial charge in [0.15, 0.2) is 0 Å². The molecule has 4 N–H and O–H groups in total. The zero-order valence-corrected chi connectivity index (χ0v) is 20.2. The zero-order chi connectivity index (χ0) is 26.5. The number of aliphatic hydroxyl groups is 1. The largest absolute Gasteiger partial charge is 0.489 e. The number of rotatable bonds is 13. The molecule has 0 heterocycles. The number of aliphatic carboxylic acids is 1. The van der Waals surface area contributed by atoms with Crippen LogP contribution in [-0.2, 0) is 34.0 Å². The van der Waals surface area contributed by atoms with Crippen LogP contribution in [-0.4, -0.2) is 46.9 Å². The summed E-state index contributed by atoms with van der Waals surface area (Å²) in [5.41, 5.74) is 2.48. The molecule has 0 aliphatic rings. The van der Waals surface area contributed by atoms with Gasteiger partial charge in [-0.3, -0.25) is 4.79 Å². The molecule has 0 fully saturated rings. The highest BCUT2D eigenvalue weighted by Gasteiger charge is 2.22. The average Bonchev–Trinajstić information content (AvgIpc) is 2.90. The third-order valence-electron chi connectivity index (χ3n) is 5.34. The van der Waals surface area contributed by atoms with Gasteiger partial charge < -0.3 is 30.3 Å². The third kappa shape index (κ3) is 10.0. The minimum absolute atomic E-state index is 0.0315. The third-order valence-corrected chi connectivity index (χ3v) is 5.34. The Hall–Kier alpha value is -4.37. The minimum atomic E-state index is -1.21. The molecule has 0 aliphatic heterocycles. The first-order valence-electron chi connectivity index (χ1n) is 11.8. The highest BCUT2D eigenvalue weighted by atomic mass is 16.5. The first-order chi connectivity index (χ1) is 17.9. The van der Waals surface area contributed by atoms with E-state index in [9.17, 15) is 24.6 Å². The van der Waals surface area contributed by atoms with E-state index >= 15 is 0 Å². The Morgan fingerprint density at radius 1 is 0.811 bits per heavy atom. The van der Waals surface area contributed by atoms with Crippen molar-refractivity contribution in [1.29, 1.82) is 0 Å². The Morgan fingerprint density at radius 2 is 1.43 bits per heavy atom. The lowest BCUT2D eigenvalue weighted by Crippen LogP contribution is -2.44. The minimum Gasteiger partial charge on any atom is -0.489 e. The van der Waals surface area contributed by atoms with Crippen molar-refractivity contribution >= 4 is 18.0 Å². The average molecular weight is 507 g/mol. The van der Waals surface area contributed by atoms with Crippen molar-refractivity contribution in [2.45, 2.75) is 38.2 Å². The Morgan fingerprint density at radius 3 is 2.08 bits per heavy atom. The van der Waals surface area contributed by atoms with E-state index in [0.29, 0.717) is 17.9 Å². The van der Waals surface area contributed by atoms with E-state index in [4.69, 9.17) is 9.47 Å². The van der Waals surface area contributed by atoms with Gasteiger partial charge in [0.25, 0.3) is 0 Å². The van der Waals surface area contributed by atoms with Crippen LogP contribution in [0.5, 0.6) is 5.75 Å². The molecule has 0 spiro atoms. The summed E-state index contributed by atoms with van der Waals surface area (Å²) < 4.78 is 10.8. The Bertz CT molecular complexity index is 1160. The van der Waals surface area contributed by atoms with Crippen molar-refractivity contribution in [1.82, 2.24) is 10.6 Å². The Balaban J connectivity index is 1.43. The van der Waals surface area contributed by atoms with Gasteiger partial charge >= 0.3 is 12.1 Å². The van der Waals surface area contributed by atoms with Gasteiger partial charge in [-0.2, -0.15) is 0 Å². The number of hydrogen-bond donors (Lipinski definition) is 4. The number of ether oxygens (including phenoxy) is 2. The predicted molar refractivity (Wildman–Crippen MR) is 136 cm³/mol. The van der Waals surface area contributed by atoms with Crippen molar-refractivity contribution in [3.63, 3.8) is 0 Å². The molecular formula is C28H30N2O7. The smallest absolute Gasteiger partial charge is 0.407 e. The van der Waals surface area contributed by atoms with E-state index in [1.165, 1.54) is 0 Å². The molecule has 0 saturated carbocycles. The van der Waals surface area contributed by atoms with Crippen LogP contribution in [0.15, 0.2) is 84.9 Å². The molecule has 0 saturated heterocycles. The molecule has 3 aromatic rings.